The third-order valence-corrected chi connectivity index (χ3v) is 4.28. The van der Waals surface area contributed by atoms with Crippen LogP contribution in [0.25, 0.3) is 10.9 Å². The van der Waals surface area contributed by atoms with Crippen LogP contribution in [-0.2, 0) is 6.54 Å². The summed E-state index contributed by atoms with van der Waals surface area (Å²) in [6.45, 7) is 4.41. The van der Waals surface area contributed by atoms with Gasteiger partial charge in [-0.2, -0.15) is 0 Å². The Bertz CT molecular complexity index is 612. The molecular formula is C16H20N2O2. The summed E-state index contributed by atoms with van der Waals surface area (Å²) in [4.78, 5) is 12.8. The molecule has 0 saturated carbocycles. The number of rotatable bonds is 4. The van der Waals surface area contributed by atoms with Crippen LogP contribution in [0.1, 0.15) is 29.6 Å². The van der Waals surface area contributed by atoms with E-state index in [0.717, 1.165) is 24.0 Å². The molecule has 1 fully saturated rings. The molecule has 4 nitrogen and oxygen atoms in total. The van der Waals surface area contributed by atoms with Crippen LogP contribution in [0.15, 0.2) is 30.5 Å². The summed E-state index contributed by atoms with van der Waals surface area (Å²) in [5.41, 5.74) is 1.29. The Kier molecular flexibility index (Phi) is 3.74. The van der Waals surface area contributed by atoms with Gasteiger partial charge in [0.2, 0.25) is 0 Å². The molecule has 1 aliphatic rings. The summed E-state index contributed by atoms with van der Waals surface area (Å²) in [7, 11) is 0. The van der Waals surface area contributed by atoms with E-state index in [-0.39, 0.29) is 0 Å². The molecule has 0 radical (unpaired) electrons. The number of carboxylic acid groups (broad SMARTS) is 1. The second kappa shape index (κ2) is 5.67. The largest absolute Gasteiger partial charge is 0.545 e. The molecule has 0 atom stereocenters. The molecular weight excluding hydrogens is 252 g/mol. The number of aromatic nitrogens is 1. The Hall–Kier alpha value is -1.81. The van der Waals surface area contributed by atoms with Crippen molar-refractivity contribution in [1.29, 1.82) is 0 Å². The number of aromatic carboxylic acids is 1. The highest BCUT2D eigenvalue weighted by atomic mass is 16.4. The highest BCUT2D eigenvalue weighted by Crippen LogP contribution is 2.20. The van der Waals surface area contributed by atoms with Crippen LogP contribution >= 0.6 is 0 Å². The zero-order valence-electron chi connectivity index (χ0n) is 11.6. The molecule has 106 valence electrons. The van der Waals surface area contributed by atoms with Crippen molar-refractivity contribution in [2.45, 2.75) is 25.8 Å². The van der Waals surface area contributed by atoms with E-state index in [1.165, 1.54) is 32.4 Å². The van der Waals surface area contributed by atoms with Crippen molar-refractivity contribution in [2.24, 2.45) is 0 Å². The monoisotopic (exact) mass is 272 g/mol. The number of para-hydroxylation sites is 1. The second-order valence-electron chi connectivity index (χ2n) is 5.60. The molecule has 0 spiro atoms. The number of piperidine rings is 1. The summed E-state index contributed by atoms with van der Waals surface area (Å²) < 4.78 is 2.06. The van der Waals surface area contributed by atoms with E-state index >= 15 is 0 Å². The molecule has 0 bridgehead atoms. The van der Waals surface area contributed by atoms with Crippen molar-refractivity contribution >= 4 is 16.9 Å². The zero-order chi connectivity index (χ0) is 13.9. The minimum atomic E-state index is -1.09. The number of nitrogens with one attached hydrogen (secondary N) is 1. The Labute approximate surface area is 118 Å². The lowest BCUT2D eigenvalue weighted by Gasteiger charge is -2.23. The van der Waals surface area contributed by atoms with Gasteiger partial charge in [-0.1, -0.05) is 18.2 Å². The normalized spacial score (nSPS) is 16.6. The lowest BCUT2D eigenvalue weighted by Crippen LogP contribution is -3.13. The Balaban J connectivity index is 1.82. The van der Waals surface area contributed by atoms with Crippen LogP contribution in [0, 0.1) is 0 Å². The van der Waals surface area contributed by atoms with E-state index in [0.29, 0.717) is 5.56 Å². The molecule has 1 aliphatic heterocycles. The van der Waals surface area contributed by atoms with Crippen molar-refractivity contribution in [3.05, 3.63) is 36.0 Å². The van der Waals surface area contributed by atoms with Crippen molar-refractivity contribution < 1.29 is 14.8 Å². The van der Waals surface area contributed by atoms with Crippen LogP contribution in [-0.4, -0.2) is 30.2 Å². The van der Waals surface area contributed by atoms with Gasteiger partial charge in [-0.15, -0.1) is 0 Å². The third kappa shape index (κ3) is 2.56. The summed E-state index contributed by atoms with van der Waals surface area (Å²) >= 11 is 0. The zero-order valence-corrected chi connectivity index (χ0v) is 11.6. The number of carboxylic acids is 1. The van der Waals surface area contributed by atoms with Crippen LogP contribution in [0.4, 0.5) is 0 Å². The van der Waals surface area contributed by atoms with Gasteiger partial charge in [0.15, 0.2) is 0 Å². The smallest absolute Gasteiger partial charge is 0.0953 e. The molecule has 1 aromatic carbocycles. The van der Waals surface area contributed by atoms with Gasteiger partial charge in [0, 0.05) is 22.7 Å². The van der Waals surface area contributed by atoms with E-state index in [2.05, 4.69) is 4.57 Å². The molecule has 2 heterocycles. The maximum Gasteiger partial charge on any atom is 0.0953 e. The van der Waals surface area contributed by atoms with Gasteiger partial charge in [0.1, 0.15) is 0 Å². The highest BCUT2D eigenvalue weighted by molar-refractivity contribution is 6.02. The molecule has 1 N–H and O–H groups in total. The fourth-order valence-electron chi connectivity index (χ4n) is 3.17. The number of benzene rings is 1. The lowest BCUT2D eigenvalue weighted by molar-refractivity contribution is -0.905. The number of quaternary nitrogens is 1. The first-order valence-electron chi connectivity index (χ1n) is 7.38. The molecule has 2 aromatic rings. The molecule has 0 aliphatic carbocycles. The van der Waals surface area contributed by atoms with Crippen LogP contribution in [0.2, 0.25) is 0 Å². The lowest BCUT2D eigenvalue weighted by atomic mass is 10.1. The predicted octanol–water partition coefficient (Wildman–Crippen LogP) is 0.0736. The van der Waals surface area contributed by atoms with E-state index in [9.17, 15) is 9.90 Å². The Morgan fingerprint density at radius 2 is 1.95 bits per heavy atom. The fourth-order valence-corrected chi connectivity index (χ4v) is 3.17. The first-order valence-corrected chi connectivity index (χ1v) is 7.38. The summed E-state index contributed by atoms with van der Waals surface area (Å²) in [5.74, 6) is -1.09. The summed E-state index contributed by atoms with van der Waals surface area (Å²) in [6, 6.07) is 7.65. The van der Waals surface area contributed by atoms with E-state index in [4.69, 9.17) is 0 Å². The number of carbonyl (C=O) groups is 1. The molecule has 4 heteroatoms. The minimum Gasteiger partial charge on any atom is -0.545 e. The van der Waals surface area contributed by atoms with Gasteiger partial charge in [-0.05, 0) is 25.3 Å². The minimum absolute atomic E-state index is 0.300. The predicted molar refractivity (Wildman–Crippen MR) is 75.7 cm³/mol. The first kappa shape index (κ1) is 13.2. The van der Waals surface area contributed by atoms with Gasteiger partial charge < -0.3 is 19.4 Å². The molecule has 20 heavy (non-hydrogen) atoms. The number of nitrogens with zero attached hydrogens (tertiary/aromatic N) is 1. The quantitative estimate of drug-likeness (QED) is 0.856. The van der Waals surface area contributed by atoms with Crippen molar-refractivity contribution in [1.82, 2.24) is 4.57 Å². The van der Waals surface area contributed by atoms with E-state index < -0.39 is 5.97 Å². The maximum absolute atomic E-state index is 11.2. The number of fused-ring (bicyclic) bond motifs is 1. The maximum atomic E-state index is 11.2. The average molecular weight is 272 g/mol. The standard InChI is InChI=1S/C16H20N2O2/c19-16(20)14-12-18(15-7-3-2-6-13(14)15)11-10-17-8-4-1-5-9-17/h2-3,6-7,12H,1,4-5,8-11H2,(H,19,20). The van der Waals surface area contributed by atoms with Gasteiger partial charge in [-0.25, -0.2) is 0 Å². The van der Waals surface area contributed by atoms with Crippen molar-refractivity contribution in [3.63, 3.8) is 0 Å². The molecule has 0 unspecified atom stereocenters. The van der Waals surface area contributed by atoms with Gasteiger partial charge in [0.05, 0.1) is 32.1 Å². The van der Waals surface area contributed by atoms with Crippen LogP contribution < -0.4 is 10.0 Å². The SMILES string of the molecule is O=C([O-])c1cn(CC[NH+]2CCCCC2)c2ccccc12. The Morgan fingerprint density at radius 3 is 2.70 bits per heavy atom. The van der Waals surface area contributed by atoms with Crippen molar-refractivity contribution in [2.75, 3.05) is 19.6 Å². The Morgan fingerprint density at radius 1 is 1.20 bits per heavy atom. The van der Waals surface area contributed by atoms with Gasteiger partial charge >= 0.3 is 0 Å². The number of carbonyl (C=O) groups excluding carboxylic acids is 1. The van der Waals surface area contributed by atoms with Gasteiger partial charge in [-0.3, -0.25) is 0 Å². The average Bonchev–Trinajstić information content (AvgIpc) is 2.85. The van der Waals surface area contributed by atoms with Crippen LogP contribution in [0.3, 0.4) is 0 Å². The van der Waals surface area contributed by atoms with Crippen LogP contribution in [0.5, 0.6) is 0 Å². The first-order chi connectivity index (χ1) is 9.75. The highest BCUT2D eigenvalue weighted by Gasteiger charge is 2.14. The topological polar surface area (TPSA) is 49.5 Å². The van der Waals surface area contributed by atoms with E-state index in [1.807, 2.05) is 24.3 Å². The van der Waals surface area contributed by atoms with Gasteiger partial charge in [0.25, 0.3) is 0 Å². The molecule has 1 aromatic heterocycles. The molecule has 0 amide bonds. The molecule has 1 saturated heterocycles. The number of hydrogen-bond donors (Lipinski definition) is 1. The summed E-state index contributed by atoms with van der Waals surface area (Å²) in [6.07, 6.45) is 5.70. The fraction of sp³-hybridized carbons (Fsp3) is 0.438. The summed E-state index contributed by atoms with van der Waals surface area (Å²) in [5, 5.41) is 12.0. The number of likely N-dealkylation sites (tertiary alicyclic amines) is 1. The van der Waals surface area contributed by atoms with E-state index in [1.54, 1.807) is 11.1 Å². The third-order valence-electron chi connectivity index (χ3n) is 4.28. The number of hydrogen-bond acceptors (Lipinski definition) is 2. The van der Waals surface area contributed by atoms with Crippen molar-refractivity contribution in [3.8, 4) is 0 Å². The second-order valence-corrected chi connectivity index (χ2v) is 5.60. The molecule has 3 rings (SSSR count).